The number of nitrogens with zero attached hydrogens (tertiary/aromatic N) is 1. The molecule has 0 bridgehead atoms. The first-order valence-electron chi connectivity index (χ1n) is 6.70. The first-order chi connectivity index (χ1) is 7.28. The Morgan fingerprint density at radius 1 is 1.27 bits per heavy atom. The number of nitrogens with two attached hydrogens (primary N) is 1. The van der Waals surface area contributed by atoms with Crippen molar-refractivity contribution in [1.82, 2.24) is 4.90 Å². The van der Waals surface area contributed by atoms with E-state index in [0.29, 0.717) is 5.41 Å². The van der Waals surface area contributed by atoms with Gasteiger partial charge < -0.3 is 10.6 Å². The minimum absolute atomic E-state index is 0.477. The van der Waals surface area contributed by atoms with E-state index in [9.17, 15) is 0 Å². The van der Waals surface area contributed by atoms with Crippen LogP contribution in [-0.2, 0) is 0 Å². The number of rotatable bonds is 6. The van der Waals surface area contributed by atoms with Gasteiger partial charge in [0.15, 0.2) is 0 Å². The zero-order valence-electron chi connectivity index (χ0n) is 10.2. The monoisotopic (exact) mass is 210 g/mol. The number of hydrogen-bond acceptors (Lipinski definition) is 2. The van der Waals surface area contributed by atoms with E-state index in [1.54, 1.807) is 0 Å². The Morgan fingerprint density at radius 3 is 2.40 bits per heavy atom. The van der Waals surface area contributed by atoms with Gasteiger partial charge in [-0.2, -0.15) is 0 Å². The molecule has 0 aromatic heterocycles. The summed E-state index contributed by atoms with van der Waals surface area (Å²) in [4.78, 5) is 2.65. The molecule has 0 aromatic rings. The Balaban J connectivity index is 1.84. The first-order valence-corrected chi connectivity index (χ1v) is 6.70. The van der Waals surface area contributed by atoms with Crippen molar-refractivity contribution < 1.29 is 0 Å². The van der Waals surface area contributed by atoms with Crippen molar-refractivity contribution >= 4 is 0 Å². The molecule has 0 amide bonds. The van der Waals surface area contributed by atoms with E-state index in [-0.39, 0.29) is 0 Å². The maximum Gasteiger partial charge on any atom is 0.00501 e. The molecule has 88 valence electrons. The van der Waals surface area contributed by atoms with Crippen LogP contribution in [0, 0.1) is 11.3 Å². The third-order valence-corrected chi connectivity index (χ3v) is 4.32. The van der Waals surface area contributed by atoms with Crippen LogP contribution in [-0.4, -0.2) is 31.1 Å². The Morgan fingerprint density at radius 2 is 1.93 bits per heavy atom. The van der Waals surface area contributed by atoms with Crippen molar-refractivity contribution in [1.29, 1.82) is 0 Å². The fourth-order valence-electron chi connectivity index (χ4n) is 3.00. The van der Waals surface area contributed by atoms with Gasteiger partial charge in [-0.3, -0.25) is 0 Å². The molecule has 2 fully saturated rings. The molecule has 0 aromatic carbocycles. The van der Waals surface area contributed by atoms with Crippen molar-refractivity contribution in [2.24, 2.45) is 17.1 Å². The van der Waals surface area contributed by atoms with E-state index in [1.807, 2.05) is 0 Å². The van der Waals surface area contributed by atoms with E-state index in [2.05, 4.69) is 11.8 Å². The molecule has 2 aliphatic rings. The summed E-state index contributed by atoms with van der Waals surface area (Å²) < 4.78 is 0. The van der Waals surface area contributed by atoms with E-state index in [4.69, 9.17) is 5.73 Å². The zero-order valence-corrected chi connectivity index (χ0v) is 10.2. The van der Waals surface area contributed by atoms with Crippen LogP contribution in [0.25, 0.3) is 0 Å². The second-order valence-electron chi connectivity index (χ2n) is 5.68. The van der Waals surface area contributed by atoms with Crippen LogP contribution >= 0.6 is 0 Å². The van der Waals surface area contributed by atoms with Gasteiger partial charge in [-0.1, -0.05) is 19.8 Å². The minimum Gasteiger partial charge on any atom is -0.330 e. The molecule has 0 atom stereocenters. The SMILES string of the molecule is CCN(CC1CC1)CC1(CN)CCCC1. The van der Waals surface area contributed by atoms with Gasteiger partial charge in [0.05, 0.1) is 0 Å². The molecule has 0 spiro atoms. The highest BCUT2D eigenvalue weighted by molar-refractivity contribution is 4.89. The summed E-state index contributed by atoms with van der Waals surface area (Å²) in [5.41, 5.74) is 6.47. The normalized spacial score (nSPS) is 25.0. The Labute approximate surface area is 94.2 Å². The highest BCUT2D eigenvalue weighted by Gasteiger charge is 2.35. The van der Waals surface area contributed by atoms with Crippen molar-refractivity contribution in [3.8, 4) is 0 Å². The van der Waals surface area contributed by atoms with Crippen LogP contribution in [0.5, 0.6) is 0 Å². The van der Waals surface area contributed by atoms with Gasteiger partial charge in [-0.15, -0.1) is 0 Å². The van der Waals surface area contributed by atoms with Gasteiger partial charge in [0.1, 0.15) is 0 Å². The highest BCUT2D eigenvalue weighted by Crippen LogP contribution is 2.38. The van der Waals surface area contributed by atoms with Crippen molar-refractivity contribution in [3.05, 3.63) is 0 Å². The lowest BCUT2D eigenvalue weighted by molar-refractivity contribution is 0.158. The predicted molar refractivity (Wildman–Crippen MR) is 64.8 cm³/mol. The summed E-state index contributed by atoms with van der Waals surface area (Å²) >= 11 is 0. The van der Waals surface area contributed by atoms with Crippen LogP contribution in [0.15, 0.2) is 0 Å². The first kappa shape index (κ1) is 11.4. The molecule has 2 rings (SSSR count). The van der Waals surface area contributed by atoms with E-state index in [1.165, 1.54) is 58.2 Å². The maximum absolute atomic E-state index is 5.99. The van der Waals surface area contributed by atoms with E-state index < -0.39 is 0 Å². The average Bonchev–Trinajstić information content (AvgIpc) is 2.95. The molecule has 0 radical (unpaired) electrons. The third-order valence-electron chi connectivity index (χ3n) is 4.32. The minimum atomic E-state index is 0.477. The van der Waals surface area contributed by atoms with E-state index >= 15 is 0 Å². The Kier molecular flexibility index (Phi) is 3.68. The smallest absolute Gasteiger partial charge is 0.00501 e. The lowest BCUT2D eigenvalue weighted by Crippen LogP contribution is -2.41. The van der Waals surface area contributed by atoms with Crippen LogP contribution in [0.2, 0.25) is 0 Å². The molecule has 2 nitrogen and oxygen atoms in total. The van der Waals surface area contributed by atoms with Gasteiger partial charge in [-0.05, 0) is 50.1 Å². The molecule has 2 aliphatic carbocycles. The van der Waals surface area contributed by atoms with E-state index in [0.717, 1.165) is 12.5 Å². The Hall–Kier alpha value is -0.0800. The third kappa shape index (κ3) is 2.94. The highest BCUT2D eigenvalue weighted by atomic mass is 15.1. The second-order valence-corrected chi connectivity index (χ2v) is 5.68. The summed E-state index contributed by atoms with van der Waals surface area (Å²) in [5, 5.41) is 0. The molecule has 2 heteroatoms. The second kappa shape index (κ2) is 4.84. The fourth-order valence-corrected chi connectivity index (χ4v) is 3.00. The summed E-state index contributed by atoms with van der Waals surface area (Å²) in [6, 6.07) is 0. The van der Waals surface area contributed by atoms with Gasteiger partial charge in [0, 0.05) is 13.1 Å². The van der Waals surface area contributed by atoms with Gasteiger partial charge in [0.25, 0.3) is 0 Å². The van der Waals surface area contributed by atoms with Gasteiger partial charge >= 0.3 is 0 Å². The summed E-state index contributed by atoms with van der Waals surface area (Å²) in [5.74, 6) is 1.01. The van der Waals surface area contributed by atoms with Crippen molar-refractivity contribution in [2.45, 2.75) is 45.4 Å². The van der Waals surface area contributed by atoms with Crippen molar-refractivity contribution in [2.75, 3.05) is 26.2 Å². The molecule has 15 heavy (non-hydrogen) atoms. The number of hydrogen-bond donors (Lipinski definition) is 1. The quantitative estimate of drug-likeness (QED) is 0.728. The molecule has 0 unspecified atom stereocenters. The summed E-state index contributed by atoms with van der Waals surface area (Å²) in [6.07, 6.45) is 8.46. The average molecular weight is 210 g/mol. The van der Waals surface area contributed by atoms with Crippen LogP contribution in [0.1, 0.15) is 45.4 Å². The lowest BCUT2D eigenvalue weighted by atomic mass is 9.85. The predicted octanol–water partition coefficient (Wildman–Crippen LogP) is 2.24. The Bertz CT molecular complexity index is 193. The molecule has 0 heterocycles. The van der Waals surface area contributed by atoms with Crippen LogP contribution in [0.4, 0.5) is 0 Å². The zero-order chi connectivity index (χ0) is 10.7. The standard InChI is InChI=1S/C13H26N2/c1-2-15(9-12-5-6-12)11-13(10-14)7-3-4-8-13/h12H,2-11,14H2,1H3. The molecule has 2 saturated carbocycles. The maximum atomic E-state index is 5.99. The van der Waals surface area contributed by atoms with Gasteiger partial charge in [0.2, 0.25) is 0 Å². The molecule has 0 saturated heterocycles. The summed E-state index contributed by atoms with van der Waals surface area (Å²) in [6.45, 7) is 6.99. The lowest BCUT2D eigenvalue weighted by Gasteiger charge is -2.34. The van der Waals surface area contributed by atoms with Crippen LogP contribution < -0.4 is 5.73 Å². The molecule has 2 N–H and O–H groups in total. The van der Waals surface area contributed by atoms with Gasteiger partial charge in [-0.25, -0.2) is 0 Å². The molecular weight excluding hydrogens is 184 g/mol. The van der Waals surface area contributed by atoms with Crippen LogP contribution in [0.3, 0.4) is 0 Å². The molecular formula is C13H26N2. The topological polar surface area (TPSA) is 29.3 Å². The summed E-state index contributed by atoms with van der Waals surface area (Å²) in [7, 11) is 0. The van der Waals surface area contributed by atoms with Crippen molar-refractivity contribution in [3.63, 3.8) is 0 Å². The fraction of sp³-hybridized carbons (Fsp3) is 1.00. The molecule has 0 aliphatic heterocycles. The largest absolute Gasteiger partial charge is 0.330 e.